The van der Waals surface area contributed by atoms with E-state index in [0.29, 0.717) is 18.5 Å². The summed E-state index contributed by atoms with van der Waals surface area (Å²) in [5.74, 6) is 0.407. The number of esters is 1. The predicted molar refractivity (Wildman–Crippen MR) is 74.5 cm³/mol. The van der Waals surface area contributed by atoms with E-state index in [1.807, 2.05) is 0 Å². The molecule has 17 heavy (non-hydrogen) atoms. The Hall–Kier alpha value is -0.130. The molecule has 0 amide bonds. The van der Waals surface area contributed by atoms with Crippen molar-refractivity contribution in [3.05, 3.63) is 0 Å². The first-order valence-corrected chi connectivity index (χ1v) is 6.88. The number of methoxy groups -OCH3 is 1. The van der Waals surface area contributed by atoms with Crippen LogP contribution in [-0.2, 0) is 9.53 Å². The van der Waals surface area contributed by atoms with Gasteiger partial charge in [0.15, 0.2) is 0 Å². The van der Waals surface area contributed by atoms with Crippen molar-refractivity contribution in [3.63, 3.8) is 0 Å². The van der Waals surface area contributed by atoms with Gasteiger partial charge in [-0.1, -0.05) is 29.8 Å². The molecule has 2 atom stereocenters. The van der Waals surface area contributed by atoms with Gasteiger partial charge in [-0.3, -0.25) is 4.79 Å². The molecule has 0 aromatic rings. The van der Waals surface area contributed by atoms with Crippen LogP contribution in [0.5, 0.6) is 0 Å². The molecular weight excluding hydrogens is 284 g/mol. The maximum Gasteiger partial charge on any atom is 0.320 e. The smallest absolute Gasteiger partial charge is 0.320 e. The summed E-state index contributed by atoms with van der Waals surface area (Å²) < 4.78 is 4.67. The summed E-state index contributed by atoms with van der Waals surface area (Å²) in [4.78, 5) is 13.1. The number of rotatable bonds is 8. The molecule has 1 N–H and O–H groups in total. The Kier molecular flexibility index (Phi) is 8.82. The van der Waals surface area contributed by atoms with Gasteiger partial charge in [-0.05, 0) is 26.4 Å². The lowest BCUT2D eigenvalue weighted by atomic mass is 10.0. The Morgan fingerprint density at radius 3 is 2.41 bits per heavy atom. The van der Waals surface area contributed by atoms with Crippen molar-refractivity contribution in [1.29, 1.82) is 0 Å². The molecular formula is C12H25BrN2O2. The van der Waals surface area contributed by atoms with Crippen LogP contribution in [0.1, 0.15) is 20.3 Å². The number of carbonyl (C=O) groups is 1. The third-order valence-electron chi connectivity index (χ3n) is 2.38. The Morgan fingerprint density at radius 2 is 2.00 bits per heavy atom. The minimum absolute atomic E-state index is 0.231. The number of nitrogens with one attached hydrogen (secondary N) is 1. The monoisotopic (exact) mass is 308 g/mol. The fraction of sp³-hybridized carbons (Fsp3) is 0.917. The average molecular weight is 309 g/mol. The van der Waals surface area contributed by atoms with E-state index < -0.39 is 0 Å². The average Bonchev–Trinajstić information content (AvgIpc) is 2.22. The van der Waals surface area contributed by atoms with Gasteiger partial charge in [0.2, 0.25) is 0 Å². The zero-order valence-corrected chi connectivity index (χ0v) is 13.1. The van der Waals surface area contributed by atoms with Crippen molar-refractivity contribution in [2.75, 3.05) is 34.3 Å². The second-order valence-electron chi connectivity index (χ2n) is 4.99. The lowest BCUT2D eigenvalue weighted by molar-refractivity contribution is -0.139. The van der Waals surface area contributed by atoms with Gasteiger partial charge in [0.1, 0.15) is 4.83 Å². The number of nitrogens with zero attached hydrogens (tertiary/aromatic N) is 1. The van der Waals surface area contributed by atoms with Crippen molar-refractivity contribution in [2.45, 2.75) is 31.1 Å². The highest BCUT2D eigenvalue weighted by molar-refractivity contribution is 9.10. The Balaban J connectivity index is 4.10. The largest absolute Gasteiger partial charge is 0.468 e. The maximum atomic E-state index is 11.2. The van der Waals surface area contributed by atoms with Crippen LogP contribution in [0.4, 0.5) is 0 Å². The lowest BCUT2D eigenvalue weighted by Gasteiger charge is -2.24. The number of likely N-dealkylation sites (N-methyl/N-ethyl adjacent to an activating group) is 1. The van der Waals surface area contributed by atoms with Crippen LogP contribution in [0.25, 0.3) is 0 Å². The normalized spacial score (nSPS) is 15.1. The first kappa shape index (κ1) is 16.9. The van der Waals surface area contributed by atoms with E-state index in [4.69, 9.17) is 0 Å². The highest BCUT2D eigenvalue weighted by atomic mass is 79.9. The van der Waals surface area contributed by atoms with Crippen molar-refractivity contribution >= 4 is 21.9 Å². The summed E-state index contributed by atoms with van der Waals surface area (Å²) in [6, 6.07) is 0.398. The summed E-state index contributed by atoms with van der Waals surface area (Å²) >= 11 is 3.31. The molecule has 0 spiro atoms. The SMILES string of the molecule is COC(=O)C(Br)CNC(CC(C)C)CN(C)C. The molecule has 0 aliphatic carbocycles. The summed E-state index contributed by atoms with van der Waals surface area (Å²) in [6.45, 7) is 5.98. The van der Waals surface area contributed by atoms with Crippen LogP contribution in [0, 0.1) is 5.92 Å². The summed E-state index contributed by atoms with van der Waals surface area (Å²) in [5, 5.41) is 3.41. The maximum absolute atomic E-state index is 11.2. The number of ether oxygens (including phenoxy) is 1. The Labute approximate surface area is 113 Å². The van der Waals surface area contributed by atoms with Gasteiger partial charge in [-0.25, -0.2) is 0 Å². The van der Waals surface area contributed by atoms with E-state index in [1.165, 1.54) is 7.11 Å². The highest BCUT2D eigenvalue weighted by Gasteiger charge is 2.18. The van der Waals surface area contributed by atoms with Gasteiger partial charge in [0.05, 0.1) is 7.11 Å². The molecule has 0 aromatic carbocycles. The van der Waals surface area contributed by atoms with Crippen LogP contribution in [0.15, 0.2) is 0 Å². The number of halogens is 1. The molecule has 4 nitrogen and oxygen atoms in total. The summed E-state index contributed by atoms with van der Waals surface area (Å²) in [5.41, 5.74) is 0. The zero-order valence-electron chi connectivity index (χ0n) is 11.5. The molecule has 0 saturated carbocycles. The van der Waals surface area contributed by atoms with Gasteiger partial charge >= 0.3 is 5.97 Å². The van der Waals surface area contributed by atoms with E-state index in [0.717, 1.165) is 13.0 Å². The quantitative estimate of drug-likeness (QED) is 0.545. The first-order chi connectivity index (χ1) is 7.86. The van der Waals surface area contributed by atoms with Crippen LogP contribution in [0.2, 0.25) is 0 Å². The second-order valence-corrected chi connectivity index (χ2v) is 6.09. The number of alkyl halides is 1. The van der Waals surface area contributed by atoms with Crippen LogP contribution in [0.3, 0.4) is 0 Å². The molecule has 2 unspecified atom stereocenters. The molecule has 5 heteroatoms. The summed E-state index contributed by atoms with van der Waals surface area (Å²) in [6.07, 6.45) is 1.10. The van der Waals surface area contributed by atoms with Crippen molar-refractivity contribution < 1.29 is 9.53 Å². The second kappa shape index (κ2) is 8.89. The summed E-state index contributed by atoms with van der Waals surface area (Å²) in [7, 11) is 5.52. The van der Waals surface area contributed by atoms with Gasteiger partial charge in [-0.2, -0.15) is 0 Å². The Morgan fingerprint density at radius 1 is 1.41 bits per heavy atom. The van der Waals surface area contributed by atoms with Gasteiger partial charge in [0, 0.05) is 19.1 Å². The molecule has 0 heterocycles. The lowest BCUT2D eigenvalue weighted by Crippen LogP contribution is -2.43. The van der Waals surface area contributed by atoms with Crippen LogP contribution >= 0.6 is 15.9 Å². The number of hydrogen-bond acceptors (Lipinski definition) is 4. The van der Waals surface area contributed by atoms with E-state index >= 15 is 0 Å². The third kappa shape index (κ3) is 8.57. The van der Waals surface area contributed by atoms with E-state index in [-0.39, 0.29) is 10.8 Å². The first-order valence-electron chi connectivity index (χ1n) is 5.96. The zero-order chi connectivity index (χ0) is 13.4. The highest BCUT2D eigenvalue weighted by Crippen LogP contribution is 2.07. The van der Waals surface area contributed by atoms with Crippen LogP contribution < -0.4 is 5.32 Å². The number of hydrogen-bond donors (Lipinski definition) is 1. The fourth-order valence-electron chi connectivity index (χ4n) is 1.71. The predicted octanol–water partition coefficient (Wildman–Crippen LogP) is 1.49. The molecule has 0 bridgehead atoms. The molecule has 0 fully saturated rings. The van der Waals surface area contributed by atoms with Gasteiger partial charge in [0.25, 0.3) is 0 Å². The van der Waals surface area contributed by atoms with Crippen molar-refractivity contribution in [2.24, 2.45) is 5.92 Å². The minimum atomic E-state index is -0.274. The van der Waals surface area contributed by atoms with Crippen molar-refractivity contribution in [3.8, 4) is 0 Å². The molecule has 0 rings (SSSR count). The molecule has 0 aliphatic rings. The van der Waals surface area contributed by atoms with E-state index in [9.17, 15) is 4.79 Å². The molecule has 102 valence electrons. The minimum Gasteiger partial charge on any atom is -0.468 e. The molecule has 0 saturated heterocycles. The van der Waals surface area contributed by atoms with Gasteiger partial charge < -0.3 is 15.0 Å². The number of carbonyl (C=O) groups excluding carboxylic acids is 1. The molecule has 0 radical (unpaired) electrons. The van der Waals surface area contributed by atoms with E-state index in [1.54, 1.807) is 0 Å². The van der Waals surface area contributed by atoms with Crippen LogP contribution in [-0.4, -0.2) is 56.0 Å². The van der Waals surface area contributed by atoms with E-state index in [2.05, 4.69) is 58.8 Å². The standard InChI is InChI=1S/C12H25BrN2O2/c1-9(2)6-10(8-15(3)4)14-7-11(13)12(16)17-5/h9-11,14H,6-8H2,1-5H3. The van der Waals surface area contributed by atoms with Crippen molar-refractivity contribution in [1.82, 2.24) is 10.2 Å². The Bertz CT molecular complexity index is 213. The topological polar surface area (TPSA) is 41.6 Å². The molecule has 0 aromatic heterocycles. The van der Waals surface area contributed by atoms with Gasteiger partial charge in [-0.15, -0.1) is 0 Å². The third-order valence-corrected chi connectivity index (χ3v) is 3.08. The molecule has 0 aliphatic heterocycles. The fourth-order valence-corrected chi connectivity index (χ4v) is 2.09.